The number of ether oxygens (including phenoxy) is 2. The van der Waals surface area contributed by atoms with Crippen molar-refractivity contribution in [3.63, 3.8) is 0 Å². The van der Waals surface area contributed by atoms with E-state index in [0.717, 1.165) is 20.9 Å². The average Bonchev–Trinajstić information content (AvgIpc) is 3.80. The summed E-state index contributed by atoms with van der Waals surface area (Å²) in [7, 11) is 1.70. The van der Waals surface area contributed by atoms with Crippen molar-refractivity contribution in [2.45, 2.75) is 83.7 Å². The lowest BCUT2D eigenvalue weighted by atomic mass is 9.86. The number of carbonyl (C=O) groups is 3. The maximum atomic E-state index is 14.0. The fraction of sp³-hybridized carbons (Fsp3) is 0.432. The Kier molecular flexibility index (Phi) is 14.7. The van der Waals surface area contributed by atoms with Gasteiger partial charge in [-0.25, -0.2) is 9.59 Å². The summed E-state index contributed by atoms with van der Waals surface area (Å²) in [6.07, 6.45) is 5.75. The Morgan fingerprint density at radius 2 is 1.45 bits per heavy atom. The minimum Gasteiger partial charge on any atom is -0.444 e. The van der Waals surface area contributed by atoms with Crippen molar-refractivity contribution in [1.82, 2.24) is 25.5 Å². The Morgan fingerprint density at radius 3 is 2.04 bits per heavy atom. The molecule has 2 aromatic heterocycles. The van der Waals surface area contributed by atoms with Crippen molar-refractivity contribution >= 4 is 40.6 Å². The Labute approximate surface area is 297 Å². The van der Waals surface area contributed by atoms with E-state index in [2.05, 4.69) is 32.7 Å². The number of amides is 3. The third kappa shape index (κ3) is 14.1. The highest BCUT2D eigenvalue weighted by atomic mass is 32.1. The normalized spacial score (nSPS) is 13.2. The molecule has 0 aliphatic rings. The number of hydrogen-bond donors (Lipinski definition) is 2. The lowest BCUT2D eigenvalue weighted by Crippen LogP contribution is -2.50. The highest BCUT2D eigenvalue weighted by molar-refractivity contribution is 7.09. The molecule has 0 fully saturated rings. The first-order chi connectivity index (χ1) is 23.5. The zero-order chi connectivity index (χ0) is 35.1. The number of alkyl carbamates (subject to hydrolysis) is 1. The molecule has 2 aromatic carbocycles. The van der Waals surface area contributed by atoms with Crippen LogP contribution in [0.2, 0.25) is 0 Å². The van der Waals surface area contributed by atoms with E-state index in [0.29, 0.717) is 32.2 Å². The summed E-state index contributed by atoms with van der Waals surface area (Å²) >= 11 is 2.90. The smallest absolute Gasteiger partial charge is 0.407 e. The van der Waals surface area contributed by atoms with Gasteiger partial charge in [0.05, 0.1) is 34.7 Å². The molecule has 262 valence electrons. The molecular formula is C37H47N5O5S2. The average molecular weight is 706 g/mol. The molecular weight excluding hydrogens is 659 g/mol. The first-order valence-electron chi connectivity index (χ1n) is 16.5. The largest absolute Gasteiger partial charge is 0.444 e. The summed E-state index contributed by atoms with van der Waals surface area (Å²) in [6.45, 7) is 6.37. The van der Waals surface area contributed by atoms with Crippen LogP contribution in [-0.4, -0.2) is 64.1 Å². The molecule has 2 heterocycles. The standard InChI is InChI=1S/C37H47N5O5S2/c1-37(2,3)47-24-33(41-35(44)42(4)22-31-20-38-25-48-31)34(43)19-29(17-27-11-7-5-8-12-27)15-16-30(18-28-13-9-6-10-14-28)40-36(45)46-23-32-21-39-26-49-32/h5-14,20-21,25-26,29-30,33H,15-19,22-24H2,1-4H3,(H,40,45)(H,41,44)/t29-,30-,33+/m1/s1. The second-order valence-corrected chi connectivity index (χ2v) is 15.1. The summed E-state index contributed by atoms with van der Waals surface area (Å²) in [4.78, 5) is 51.6. The third-order valence-corrected chi connectivity index (χ3v) is 9.37. The minimum absolute atomic E-state index is 0.0489. The number of ketones is 1. The van der Waals surface area contributed by atoms with Gasteiger partial charge in [0, 0.05) is 36.8 Å². The molecule has 10 nitrogen and oxygen atoms in total. The molecule has 4 aromatic rings. The Morgan fingerprint density at radius 1 is 0.837 bits per heavy atom. The molecule has 12 heteroatoms. The number of Topliss-reactive ketones (excluding diaryl/α,β-unsaturated/α-hetero) is 1. The molecule has 49 heavy (non-hydrogen) atoms. The molecule has 2 N–H and O–H groups in total. The van der Waals surface area contributed by atoms with Gasteiger partial charge in [-0.05, 0) is 63.5 Å². The van der Waals surface area contributed by atoms with Gasteiger partial charge in [0.25, 0.3) is 0 Å². The second kappa shape index (κ2) is 19.2. The predicted molar refractivity (Wildman–Crippen MR) is 193 cm³/mol. The van der Waals surface area contributed by atoms with Crippen molar-refractivity contribution in [1.29, 1.82) is 0 Å². The number of rotatable bonds is 18. The van der Waals surface area contributed by atoms with E-state index in [1.807, 2.05) is 69.3 Å². The number of urea groups is 1. The highest BCUT2D eigenvalue weighted by Crippen LogP contribution is 2.23. The van der Waals surface area contributed by atoms with Gasteiger partial charge in [0.15, 0.2) is 5.78 Å². The van der Waals surface area contributed by atoms with Gasteiger partial charge in [-0.3, -0.25) is 14.8 Å². The van der Waals surface area contributed by atoms with E-state index in [1.165, 1.54) is 22.7 Å². The summed E-state index contributed by atoms with van der Waals surface area (Å²) in [5.74, 6) is -0.145. The minimum atomic E-state index is -0.825. The van der Waals surface area contributed by atoms with E-state index >= 15 is 0 Å². The number of benzene rings is 2. The summed E-state index contributed by atoms with van der Waals surface area (Å²) in [6, 6.07) is 18.7. The maximum absolute atomic E-state index is 14.0. The Hall–Kier alpha value is -4.13. The maximum Gasteiger partial charge on any atom is 0.407 e. The molecule has 0 unspecified atom stereocenters. The van der Waals surface area contributed by atoms with E-state index in [9.17, 15) is 14.4 Å². The van der Waals surface area contributed by atoms with E-state index in [1.54, 1.807) is 35.4 Å². The SMILES string of the molecule is CN(Cc1cncs1)C(=O)N[C@@H](COC(C)(C)C)C(=O)C[C@H](CC[C@H](Cc1ccccc1)NC(=O)OCc1cncs1)Cc1ccccc1. The molecule has 3 amide bonds. The first kappa shape index (κ1) is 37.7. The van der Waals surface area contributed by atoms with Gasteiger partial charge in [0.1, 0.15) is 12.6 Å². The van der Waals surface area contributed by atoms with Gasteiger partial charge in [-0.15, -0.1) is 22.7 Å². The monoisotopic (exact) mass is 705 g/mol. The molecule has 0 aliphatic heterocycles. The third-order valence-electron chi connectivity index (χ3n) is 7.85. The van der Waals surface area contributed by atoms with Crippen LogP contribution >= 0.6 is 22.7 Å². The van der Waals surface area contributed by atoms with E-state index < -0.39 is 17.7 Å². The Bertz CT molecular complexity index is 1550. The van der Waals surface area contributed by atoms with Gasteiger partial charge < -0.3 is 25.0 Å². The zero-order valence-corrected chi connectivity index (χ0v) is 30.3. The molecule has 0 aliphatic carbocycles. The van der Waals surface area contributed by atoms with Crippen molar-refractivity contribution in [3.8, 4) is 0 Å². The van der Waals surface area contributed by atoms with Crippen LogP contribution in [-0.2, 0) is 40.3 Å². The summed E-state index contributed by atoms with van der Waals surface area (Å²) in [5, 5.41) is 6.01. The summed E-state index contributed by atoms with van der Waals surface area (Å²) in [5.41, 5.74) is 5.15. The number of aromatic nitrogens is 2. The van der Waals surface area contributed by atoms with E-state index in [-0.39, 0.29) is 43.4 Å². The summed E-state index contributed by atoms with van der Waals surface area (Å²) < 4.78 is 11.5. The van der Waals surface area contributed by atoms with Crippen molar-refractivity contribution in [2.75, 3.05) is 13.7 Å². The lowest BCUT2D eigenvalue weighted by Gasteiger charge is -2.28. The molecule has 0 spiro atoms. The molecule has 0 bridgehead atoms. The van der Waals surface area contributed by atoms with Gasteiger partial charge in [-0.1, -0.05) is 60.7 Å². The van der Waals surface area contributed by atoms with E-state index in [4.69, 9.17) is 9.47 Å². The zero-order valence-electron chi connectivity index (χ0n) is 28.7. The highest BCUT2D eigenvalue weighted by Gasteiger charge is 2.28. The van der Waals surface area contributed by atoms with Gasteiger partial charge in [-0.2, -0.15) is 0 Å². The number of nitrogens with one attached hydrogen (secondary N) is 2. The van der Waals surface area contributed by atoms with Crippen molar-refractivity contribution < 1.29 is 23.9 Å². The fourth-order valence-corrected chi connectivity index (χ4v) is 6.46. The molecule has 4 rings (SSSR count). The van der Waals surface area contributed by atoms with Crippen LogP contribution in [0.4, 0.5) is 9.59 Å². The fourth-order valence-electron chi connectivity index (χ4n) is 5.30. The lowest BCUT2D eigenvalue weighted by molar-refractivity contribution is -0.125. The van der Waals surface area contributed by atoms with Crippen LogP contribution < -0.4 is 10.6 Å². The van der Waals surface area contributed by atoms with Crippen LogP contribution in [0.1, 0.15) is 60.9 Å². The van der Waals surface area contributed by atoms with Crippen molar-refractivity contribution in [2.24, 2.45) is 5.92 Å². The number of carbonyl (C=O) groups excluding carboxylic acids is 3. The van der Waals surface area contributed by atoms with Crippen LogP contribution in [0.25, 0.3) is 0 Å². The van der Waals surface area contributed by atoms with Crippen molar-refractivity contribution in [3.05, 3.63) is 105 Å². The van der Waals surface area contributed by atoms with Gasteiger partial charge >= 0.3 is 12.1 Å². The first-order valence-corrected chi connectivity index (χ1v) is 18.2. The molecule has 0 saturated carbocycles. The predicted octanol–water partition coefficient (Wildman–Crippen LogP) is 7.06. The topological polar surface area (TPSA) is 123 Å². The van der Waals surface area contributed by atoms with Crippen LogP contribution in [0.3, 0.4) is 0 Å². The quantitative estimate of drug-likeness (QED) is 0.114. The number of thiazole rings is 2. The molecule has 3 atom stereocenters. The number of hydrogen-bond acceptors (Lipinski definition) is 9. The second-order valence-electron chi connectivity index (χ2n) is 13.1. The van der Waals surface area contributed by atoms with Crippen LogP contribution in [0, 0.1) is 5.92 Å². The van der Waals surface area contributed by atoms with Crippen LogP contribution in [0.15, 0.2) is 84.1 Å². The van der Waals surface area contributed by atoms with Gasteiger partial charge in [0.2, 0.25) is 0 Å². The van der Waals surface area contributed by atoms with Crippen LogP contribution in [0.5, 0.6) is 0 Å². The Balaban J connectivity index is 1.47. The molecule has 0 radical (unpaired) electrons. The number of nitrogens with zero attached hydrogens (tertiary/aromatic N) is 3. The molecule has 0 saturated heterocycles.